The van der Waals surface area contributed by atoms with Gasteiger partial charge < -0.3 is 15.4 Å². The maximum absolute atomic E-state index is 12.4. The summed E-state index contributed by atoms with van der Waals surface area (Å²) in [6.45, 7) is 0. The Bertz CT molecular complexity index is 838. The Morgan fingerprint density at radius 3 is 2.54 bits per heavy atom. The molecule has 7 nitrogen and oxygen atoms in total. The number of amides is 4. The van der Waals surface area contributed by atoms with E-state index in [1.165, 1.54) is 0 Å². The third-order valence-corrected chi connectivity index (χ3v) is 4.29. The molecule has 7 heteroatoms. The first-order chi connectivity index (χ1) is 12.5. The molecular weight excluding hydrogens is 334 g/mol. The van der Waals surface area contributed by atoms with Crippen LogP contribution in [0, 0.1) is 0 Å². The van der Waals surface area contributed by atoms with Crippen molar-refractivity contribution in [2.75, 3.05) is 12.4 Å². The zero-order valence-electron chi connectivity index (χ0n) is 14.2. The third-order valence-electron chi connectivity index (χ3n) is 4.29. The average molecular weight is 353 g/mol. The second kappa shape index (κ2) is 7.26. The van der Waals surface area contributed by atoms with Gasteiger partial charge in [0.05, 0.1) is 7.11 Å². The van der Waals surface area contributed by atoms with Crippen molar-refractivity contribution in [2.24, 2.45) is 0 Å². The van der Waals surface area contributed by atoms with Gasteiger partial charge in [0.25, 0.3) is 5.91 Å². The highest BCUT2D eigenvalue weighted by Crippen LogP contribution is 2.30. The summed E-state index contributed by atoms with van der Waals surface area (Å²) in [6.07, 6.45) is 0.199. The Labute approximate surface area is 150 Å². The summed E-state index contributed by atoms with van der Waals surface area (Å²) in [4.78, 5) is 36.4. The van der Waals surface area contributed by atoms with Crippen molar-refractivity contribution >= 4 is 23.5 Å². The lowest BCUT2D eigenvalue weighted by atomic mass is 9.85. The molecule has 2 aromatic rings. The van der Waals surface area contributed by atoms with E-state index in [2.05, 4.69) is 16.0 Å². The number of benzene rings is 2. The van der Waals surface area contributed by atoms with Crippen LogP contribution in [0.25, 0.3) is 0 Å². The van der Waals surface area contributed by atoms with E-state index in [4.69, 9.17) is 4.74 Å². The minimum atomic E-state index is -1.25. The lowest BCUT2D eigenvalue weighted by Gasteiger charge is -2.26. The summed E-state index contributed by atoms with van der Waals surface area (Å²) in [5.41, 5.74) is -0.00935. The van der Waals surface area contributed by atoms with Crippen LogP contribution < -0.4 is 20.7 Å². The first-order valence-corrected chi connectivity index (χ1v) is 8.16. The molecule has 4 amide bonds. The van der Waals surface area contributed by atoms with Gasteiger partial charge in [0.1, 0.15) is 11.3 Å². The summed E-state index contributed by atoms with van der Waals surface area (Å²) in [5, 5.41) is 7.70. The minimum absolute atomic E-state index is 0.0554. The molecule has 1 heterocycles. The van der Waals surface area contributed by atoms with Gasteiger partial charge in [-0.15, -0.1) is 0 Å². The van der Waals surface area contributed by atoms with E-state index in [9.17, 15) is 14.4 Å². The van der Waals surface area contributed by atoms with Crippen LogP contribution in [-0.2, 0) is 15.1 Å². The van der Waals surface area contributed by atoms with Crippen LogP contribution in [0.3, 0.4) is 0 Å². The number of urea groups is 1. The number of methoxy groups -OCH3 is 1. The molecule has 3 N–H and O–H groups in total. The molecule has 0 saturated carbocycles. The zero-order chi connectivity index (χ0) is 18.6. The van der Waals surface area contributed by atoms with E-state index in [-0.39, 0.29) is 18.7 Å². The molecule has 0 radical (unpaired) electrons. The summed E-state index contributed by atoms with van der Waals surface area (Å²) in [6, 6.07) is 15.3. The van der Waals surface area contributed by atoms with Crippen molar-refractivity contribution in [3.05, 3.63) is 60.2 Å². The van der Waals surface area contributed by atoms with Gasteiger partial charge in [-0.05, 0) is 24.1 Å². The number of imide groups is 1. The van der Waals surface area contributed by atoms with Crippen LogP contribution in [0.5, 0.6) is 5.75 Å². The van der Waals surface area contributed by atoms with E-state index in [1.807, 2.05) is 6.07 Å². The van der Waals surface area contributed by atoms with Crippen molar-refractivity contribution in [1.29, 1.82) is 0 Å². The molecule has 0 aromatic heterocycles. The number of hydrogen-bond donors (Lipinski definition) is 3. The van der Waals surface area contributed by atoms with Gasteiger partial charge in [0.2, 0.25) is 5.91 Å². The highest BCUT2D eigenvalue weighted by Gasteiger charge is 2.47. The fraction of sp³-hybridized carbons (Fsp3) is 0.211. The largest absolute Gasteiger partial charge is 0.497 e. The Morgan fingerprint density at radius 1 is 1.12 bits per heavy atom. The normalized spacial score (nSPS) is 18.8. The van der Waals surface area contributed by atoms with E-state index in [0.29, 0.717) is 17.0 Å². The summed E-state index contributed by atoms with van der Waals surface area (Å²) >= 11 is 0. The number of carbonyl (C=O) groups is 3. The highest BCUT2D eigenvalue weighted by atomic mass is 16.5. The molecule has 0 bridgehead atoms. The SMILES string of the molecule is COc1cccc(NC(=O)CCC2(c3ccccc3)NC(=O)NC2=O)c1. The predicted octanol–water partition coefficient (Wildman–Crippen LogP) is 2.15. The van der Waals surface area contributed by atoms with Crippen LogP contribution in [-0.4, -0.2) is 25.0 Å². The van der Waals surface area contributed by atoms with E-state index in [1.54, 1.807) is 55.6 Å². The summed E-state index contributed by atoms with van der Waals surface area (Å²) in [5.74, 6) is -0.0867. The molecule has 2 aromatic carbocycles. The second-order valence-electron chi connectivity index (χ2n) is 5.96. The Hall–Kier alpha value is -3.35. The number of rotatable bonds is 6. The fourth-order valence-electron chi connectivity index (χ4n) is 2.96. The molecule has 1 fully saturated rings. The Kier molecular flexibility index (Phi) is 4.88. The van der Waals surface area contributed by atoms with E-state index in [0.717, 1.165) is 0 Å². The number of ether oxygens (including phenoxy) is 1. The van der Waals surface area contributed by atoms with Crippen LogP contribution in [0.4, 0.5) is 10.5 Å². The first kappa shape index (κ1) is 17.5. The number of nitrogens with one attached hydrogen (secondary N) is 3. The quantitative estimate of drug-likeness (QED) is 0.693. The molecule has 0 spiro atoms. The van der Waals surface area contributed by atoms with Gasteiger partial charge in [-0.2, -0.15) is 0 Å². The lowest BCUT2D eigenvalue weighted by molar-refractivity contribution is -0.125. The number of hydrogen-bond acceptors (Lipinski definition) is 4. The Balaban J connectivity index is 1.73. The first-order valence-electron chi connectivity index (χ1n) is 8.16. The van der Waals surface area contributed by atoms with Crippen molar-refractivity contribution in [2.45, 2.75) is 18.4 Å². The molecule has 1 saturated heterocycles. The molecule has 1 unspecified atom stereocenters. The monoisotopic (exact) mass is 353 g/mol. The van der Waals surface area contributed by atoms with Gasteiger partial charge in [-0.1, -0.05) is 36.4 Å². The smallest absolute Gasteiger partial charge is 0.322 e. The molecular formula is C19H19N3O4. The molecule has 1 atom stereocenters. The fourth-order valence-corrected chi connectivity index (χ4v) is 2.96. The van der Waals surface area contributed by atoms with Gasteiger partial charge in [-0.25, -0.2) is 4.79 Å². The van der Waals surface area contributed by atoms with Gasteiger partial charge in [0, 0.05) is 18.2 Å². The van der Waals surface area contributed by atoms with Gasteiger partial charge >= 0.3 is 6.03 Å². The topological polar surface area (TPSA) is 96.5 Å². The molecule has 26 heavy (non-hydrogen) atoms. The molecule has 134 valence electrons. The number of anilines is 1. The van der Waals surface area contributed by atoms with Gasteiger partial charge in [-0.3, -0.25) is 14.9 Å². The summed E-state index contributed by atoms with van der Waals surface area (Å²) in [7, 11) is 1.55. The van der Waals surface area contributed by atoms with Gasteiger partial charge in [0.15, 0.2) is 0 Å². The molecule has 3 rings (SSSR count). The molecule has 1 aliphatic rings. The van der Waals surface area contributed by atoms with Crippen LogP contribution in [0.2, 0.25) is 0 Å². The second-order valence-corrected chi connectivity index (χ2v) is 5.96. The van der Waals surface area contributed by atoms with Crippen molar-refractivity contribution in [1.82, 2.24) is 10.6 Å². The van der Waals surface area contributed by atoms with Crippen molar-refractivity contribution in [3.8, 4) is 5.75 Å². The van der Waals surface area contributed by atoms with Crippen LogP contribution in [0.15, 0.2) is 54.6 Å². The highest BCUT2D eigenvalue weighted by molar-refractivity contribution is 6.07. The van der Waals surface area contributed by atoms with Crippen molar-refractivity contribution < 1.29 is 19.1 Å². The van der Waals surface area contributed by atoms with Crippen LogP contribution in [0.1, 0.15) is 18.4 Å². The third kappa shape index (κ3) is 3.51. The number of carbonyl (C=O) groups excluding carboxylic acids is 3. The van der Waals surface area contributed by atoms with Crippen LogP contribution >= 0.6 is 0 Å². The Morgan fingerprint density at radius 2 is 1.88 bits per heavy atom. The molecule has 1 aliphatic heterocycles. The van der Waals surface area contributed by atoms with E-state index < -0.39 is 17.5 Å². The average Bonchev–Trinajstić information content (AvgIpc) is 2.95. The predicted molar refractivity (Wildman–Crippen MR) is 95.7 cm³/mol. The van der Waals surface area contributed by atoms with Crippen molar-refractivity contribution in [3.63, 3.8) is 0 Å². The maximum atomic E-state index is 12.4. The zero-order valence-corrected chi connectivity index (χ0v) is 14.2. The molecule has 0 aliphatic carbocycles. The maximum Gasteiger partial charge on any atom is 0.322 e. The standard InChI is InChI=1S/C19H19N3O4/c1-26-15-9-5-8-14(12-15)20-16(23)10-11-19(13-6-3-2-4-7-13)17(24)21-18(25)22-19/h2-9,12H,10-11H2,1H3,(H,20,23)(H2,21,22,24,25). The van der Waals surface area contributed by atoms with E-state index >= 15 is 0 Å². The lowest BCUT2D eigenvalue weighted by Crippen LogP contribution is -2.44. The minimum Gasteiger partial charge on any atom is -0.497 e. The summed E-state index contributed by atoms with van der Waals surface area (Å²) < 4.78 is 5.13.